The minimum absolute atomic E-state index is 0.0338. The van der Waals surface area contributed by atoms with Gasteiger partial charge in [-0.25, -0.2) is 0 Å². The summed E-state index contributed by atoms with van der Waals surface area (Å²) < 4.78 is 0. The molecule has 1 aliphatic rings. The van der Waals surface area contributed by atoms with Crippen molar-refractivity contribution in [3.8, 4) is 0 Å². The van der Waals surface area contributed by atoms with E-state index in [0.29, 0.717) is 16.9 Å². The summed E-state index contributed by atoms with van der Waals surface area (Å²) in [5.41, 5.74) is 13.0. The zero-order valence-corrected chi connectivity index (χ0v) is 8.57. The Hall–Kier alpha value is -1.71. The average molecular weight is 205 g/mol. The molecule has 0 aromatic heterocycles. The highest BCUT2D eigenvalue weighted by molar-refractivity contribution is 5.96. The van der Waals surface area contributed by atoms with Crippen molar-refractivity contribution in [1.82, 2.24) is 4.90 Å². The standard InChI is InChI=1S/C11H15N3O/c12-9-5-8(6-10(13)7-9)11(15)14-3-1-2-4-14/h5-7H,1-4,12-13H2. The van der Waals surface area contributed by atoms with E-state index < -0.39 is 0 Å². The second-order valence-corrected chi connectivity index (χ2v) is 3.89. The molecule has 4 nitrogen and oxygen atoms in total. The third-order valence-electron chi connectivity index (χ3n) is 2.62. The molecule has 1 aliphatic heterocycles. The highest BCUT2D eigenvalue weighted by atomic mass is 16.2. The van der Waals surface area contributed by atoms with Crippen molar-refractivity contribution in [2.75, 3.05) is 24.6 Å². The van der Waals surface area contributed by atoms with E-state index in [-0.39, 0.29) is 5.91 Å². The average Bonchev–Trinajstić information content (AvgIpc) is 2.67. The van der Waals surface area contributed by atoms with Gasteiger partial charge in [0.2, 0.25) is 0 Å². The predicted octanol–water partition coefficient (Wildman–Crippen LogP) is 1.09. The van der Waals surface area contributed by atoms with Crippen LogP contribution in [-0.4, -0.2) is 23.9 Å². The summed E-state index contributed by atoms with van der Waals surface area (Å²) in [6.07, 6.45) is 2.17. The van der Waals surface area contributed by atoms with Crippen LogP contribution < -0.4 is 11.5 Å². The number of anilines is 2. The van der Waals surface area contributed by atoms with E-state index in [9.17, 15) is 4.79 Å². The van der Waals surface area contributed by atoms with E-state index in [2.05, 4.69) is 0 Å². The monoisotopic (exact) mass is 205 g/mol. The molecule has 0 spiro atoms. The summed E-state index contributed by atoms with van der Waals surface area (Å²) in [6, 6.07) is 5.01. The number of likely N-dealkylation sites (tertiary alicyclic amines) is 1. The molecule has 80 valence electrons. The minimum atomic E-state index is 0.0338. The van der Waals surface area contributed by atoms with Crippen LogP contribution in [0.3, 0.4) is 0 Å². The van der Waals surface area contributed by atoms with Crippen LogP contribution in [0.2, 0.25) is 0 Å². The summed E-state index contributed by atoms with van der Waals surface area (Å²) in [5.74, 6) is 0.0338. The van der Waals surface area contributed by atoms with E-state index >= 15 is 0 Å². The maximum atomic E-state index is 12.0. The molecule has 15 heavy (non-hydrogen) atoms. The fourth-order valence-electron chi connectivity index (χ4n) is 1.90. The number of hydrogen-bond donors (Lipinski definition) is 2. The first-order chi connectivity index (χ1) is 7.16. The molecule has 1 fully saturated rings. The Labute approximate surface area is 88.9 Å². The topological polar surface area (TPSA) is 72.3 Å². The number of carbonyl (C=O) groups is 1. The van der Waals surface area contributed by atoms with Crippen molar-refractivity contribution in [3.63, 3.8) is 0 Å². The van der Waals surface area contributed by atoms with Crippen LogP contribution in [0.15, 0.2) is 18.2 Å². The minimum Gasteiger partial charge on any atom is -0.399 e. The van der Waals surface area contributed by atoms with E-state index in [4.69, 9.17) is 11.5 Å². The van der Waals surface area contributed by atoms with Gasteiger partial charge >= 0.3 is 0 Å². The summed E-state index contributed by atoms with van der Waals surface area (Å²) in [5, 5.41) is 0. The molecule has 2 rings (SSSR count). The first kappa shape index (κ1) is 9.83. The van der Waals surface area contributed by atoms with Crippen molar-refractivity contribution < 1.29 is 4.79 Å². The third-order valence-corrected chi connectivity index (χ3v) is 2.62. The van der Waals surface area contributed by atoms with Crippen LogP contribution >= 0.6 is 0 Å². The Morgan fingerprint density at radius 3 is 2.13 bits per heavy atom. The number of carbonyl (C=O) groups excluding carboxylic acids is 1. The Bertz CT molecular complexity index is 363. The van der Waals surface area contributed by atoms with Gasteiger partial charge in [-0.3, -0.25) is 4.79 Å². The fraction of sp³-hybridized carbons (Fsp3) is 0.364. The largest absolute Gasteiger partial charge is 0.399 e. The summed E-state index contributed by atoms with van der Waals surface area (Å²) in [7, 11) is 0. The zero-order chi connectivity index (χ0) is 10.8. The fourth-order valence-corrected chi connectivity index (χ4v) is 1.90. The first-order valence-electron chi connectivity index (χ1n) is 5.12. The smallest absolute Gasteiger partial charge is 0.254 e. The molecule has 1 heterocycles. The van der Waals surface area contributed by atoms with Crippen LogP contribution in [0.5, 0.6) is 0 Å². The van der Waals surface area contributed by atoms with Crippen LogP contribution in [0.1, 0.15) is 23.2 Å². The molecular weight excluding hydrogens is 190 g/mol. The second-order valence-electron chi connectivity index (χ2n) is 3.89. The Kier molecular flexibility index (Phi) is 2.49. The van der Waals surface area contributed by atoms with Gasteiger partial charge in [0, 0.05) is 30.0 Å². The molecule has 4 N–H and O–H groups in total. The molecule has 0 saturated carbocycles. The summed E-state index contributed by atoms with van der Waals surface area (Å²) in [6.45, 7) is 1.68. The molecule has 4 heteroatoms. The molecule has 0 atom stereocenters. The lowest BCUT2D eigenvalue weighted by atomic mass is 10.1. The lowest BCUT2D eigenvalue weighted by Crippen LogP contribution is -2.27. The zero-order valence-electron chi connectivity index (χ0n) is 8.57. The van der Waals surface area contributed by atoms with Crippen LogP contribution in [0.25, 0.3) is 0 Å². The number of nitrogens with zero attached hydrogens (tertiary/aromatic N) is 1. The van der Waals surface area contributed by atoms with Gasteiger partial charge < -0.3 is 16.4 Å². The van der Waals surface area contributed by atoms with Gasteiger partial charge in [-0.2, -0.15) is 0 Å². The van der Waals surface area contributed by atoms with E-state index in [1.165, 1.54) is 0 Å². The second kappa shape index (κ2) is 3.81. The molecule has 0 bridgehead atoms. The lowest BCUT2D eigenvalue weighted by Gasteiger charge is -2.15. The summed E-state index contributed by atoms with van der Waals surface area (Å²) in [4.78, 5) is 13.8. The molecule has 1 aromatic carbocycles. The van der Waals surface area contributed by atoms with Crippen molar-refractivity contribution >= 4 is 17.3 Å². The van der Waals surface area contributed by atoms with Crippen LogP contribution in [0, 0.1) is 0 Å². The molecular formula is C11H15N3O. The Morgan fingerprint density at radius 2 is 1.60 bits per heavy atom. The number of nitrogens with two attached hydrogens (primary N) is 2. The Balaban J connectivity index is 2.24. The summed E-state index contributed by atoms with van der Waals surface area (Å²) >= 11 is 0. The van der Waals surface area contributed by atoms with E-state index in [0.717, 1.165) is 25.9 Å². The van der Waals surface area contributed by atoms with E-state index in [1.54, 1.807) is 18.2 Å². The van der Waals surface area contributed by atoms with Crippen molar-refractivity contribution in [2.24, 2.45) is 0 Å². The lowest BCUT2D eigenvalue weighted by molar-refractivity contribution is 0.0793. The van der Waals surface area contributed by atoms with Gasteiger partial charge in [0.25, 0.3) is 5.91 Å². The highest BCUT2D eigenvalue weighted by Crippen LogP contribution is 2.18. The van der Waals surface area contributed by atoms with Crippen molar-refractivity contribution in [1.29, 1.82) is 0 Å². The molecule has 1 amide bonds. The number of amides is 1. The van der Waals surface area contributed by atoms with Gasteiger partial charge in [-0.1, -0.05) is 0 Å². The number of benzene rings is 1. The number of nitrogen functional groups attached to an aromatic ring is 2. The molecule has 0 aliphatic carbocycles. The Morgan fingerprint density at radius 1 is 1.07 bits per heavy atom. The van der Waals surface area contributed by atoms with Crippen molar-refractivity contribution in [3.05, 3.63) is 23.8 Å². The van der Waals surface area contributed by atoms with Gasteiger partial charge in [0.15, 0.2) is 0 Å². The maximum Gasteiger partial charge on any atom is 0.254 e. The first-order valence-corrected chi connectivity index (χ1v) is 5.12. The quantitative estimate of drug-likeness (QED) is 0.674. The van der Waals surface area contributed by atoms with Gasteiger partial charge in [0.05, 0.1) is 0 Å². The normalized spacial score (nSPS) is 15.6. The predicted molar refractivity (Wildman–Crippen MR) is 60.4 cm³/mol. The number of hydrogen-bond acceptors (Lipinski definition) is 3. The van der Waals surface area contributed by atoms with Crippen LogP contribution in [0.4, 0.5) is 11.4 Å². The number of rotatable bonds is 1. The van der Waals surface area contributed by atoms with Crippen molar-refractivity contribution in [2.45, 2.75) is 12.8 Å². The molecule has 1 saturated heterocycles. The van der Waals surface area contributed by atoms with Gasteiger partial charge in [0.1, 0.15) is 0 Å². The highest BCUT2D eigenvalue weighted by Gasteiger charge is 2.19. The third kappa shape index (κ3) is 2.03. The van der Waals surface area contributed by atoms with Gasteiger partial charge in [-0.15, -0.1) is 0 Å². The molecule has 0 unspecified atom stereocenters. The maximum absolute atomic E-state index is 12.0. The van der Waals surface area contributed by atoms with Crippen LogP contribution in [-0.2, 0) is 0 Å². The van der Waals surface area contributed by atoms with E-state index in [1.807, 2.05) is 4.90 Å². The van der Waals surface area contributed by atoms with Gasteiger partial charge in [-0.05, 0) is 31.0 Å². The molecule has 0 radical (unpaired) electrons. The molecule has 1 aromatic rings. The SMILES string of the molecule is Nc1cc(N)cc(C(=O)N2CCCC2)c1.